The van der Waals surface area contributed by atoms with E-state index in [0.717, 1.165) is 11.4 Å². The van der Waals surface area contributed by atoms with Crippen LogP contribution in [0.25, 0.3) is 33.4 Å². The molecular formula is C42H39NS. The number of anilines is 3. The summed E-state index contributed by atoms with van der Waals surface area (Å²) in [6.45, 7) is 4.70. The maximum Gasteiger partial charge on any atom is 0.0465 e. The van der Waals surface area contributed by atoms with Crippen molar-refractivity contribution in [1.82, 2.24) is 0 Å². The van der Waals surface area contributed by atoms with Crippen molar-refractivity contribution in [3.05, 3.63) is 157 Å². The van der Waals surface area contributed by atoms with Crippen LogP contribution in [0.1, 0.15) is 25.0 Å². The zero-order valence-corrected chi connectivity index (χ0v) is 27.0. The fraction of sp³-hybridized carbons (Fsp3) is 0.143. The van der Waals surface area contributed by atoms with Crippen molar-refractivity contribution in [3.8, 4) is 33.4 Å². The summed E-state index contributed by atoms with van der Waals surface area (Å²) in [5.74, 6) is 0. The molecule has 1 aliphatic rings. The van der Waals surface area contributed by atoms with Gasteiger partial charge in [0.2, 0.25) is 0 Å². The van der Waals surface area contributed by atoms with Crippen molar-refractivity contribution in [2.45, 2.75) is 24.2 Å². The molecular weight excluding hydrogens is 551 g/mol. The van der Waals surface area contributed by atoms with E-state index in [4.69, 9.17) is 0 Å². The average Bonchev–Trinajstić information content (AvgIpc) is 3.28. The van der Waals surface area contributed by atoms with Gasteiger partial charge in [0.25, 0.3) is 0 Å². The van der Waals surface area contributed by atoms with Gasteiger partial charge >= 0.3 is 0 Å². The molecule has 0 amide bonds. The van der Waals surface area contributed by atoms with Crippen LogP contribution in [0.15, 0.2) is 150 Å². The molecule has 2 heteroatoms. The summed E-state index contributed by atoms with van der Waals surface area (Å²) in [6, 6.07) is 53.6. The number of fused-ring (bicyclic) bond motifs is 3. The smallest absolute Gasteiger partial charge is 0.0465 e. The van der Waals surface area contributed by atoms with Crippen molar-refractivity contribution in [2.24, 2.45) is 0 Å². The van der Waals surface area contributed by atoms with Crippen LogP contribution in [-0.2, 0) is 5.41 Å². The minimum atomic E-state index is -0.739. The van der Waals surface area contributed by atoms with Crippen LogP contribution >= 0.6 is 10.0 Å². The van der Waals surface area contributed by atoms with Crippen LogP contribution in [0.3, 0.4) is 0 Å². The summed E-state index contributed by atoms with van der Waals surface area (Å²) in [7, 11) is -0.739. The van der Waals surface area contributed by atoms with Gasteiger partial charge < -0.3 is 4.90 Å². The molecule has 0 aliphatic heterocycles. The third-order valence-electron chi connectivity index (χ3n) is 9.08. The minimum absolute atomic E-state index is 0.0600. The zero-order valence-electron chi connectivity index (χ0n) is 26.2. The lowest BCUT2D eigenvalue weighted by Crippen LogP contribution is -2.16. The van der Waals surface area contributed by atoms with Crippen molar-refractivity contribution in [2.75, 3.05) is 23.7 Å². The minimum Gasteiger partial charge on any atom is -0.310 e. The van der Waals surface area contributed by atoms with Gasteiger partial charge in [-0.05, 0) is 117 Å². The Bertz CT molecular complexity index is 1930. The molecule has 1 aliphatic carbocycles. The van der Waals surface area contributed by atoms with E-state index < -0.39 is 10.0 Å². The van der Waals surface area contributed by atoms with Gasteiger partial charge in [-0.25, -0.2) is 10.0 Å². The Labute approximate surface area is 264 Å². The van der Waals surface area contributed by atoms with Gasteiger partial charge in [0.15, 0.2) is 0 Å². The molecule has 0 fully saturated rings. The number of rotatable bonds is 6. The van der Waals surface area contributed by atoms with E-state index in [1.165, 1.54) is 55.1 Å². The highest BCUT2D eigenvalue weighted by atomic mass is 32.3. The third kappa shape index (κ3) is 5.04. The van der Waals surface area contributed by atoms with Crippen LogP contribution in [-0.4, -0.2) is 18.8 Å². The van der Waals surface area contributed by atoms with Crippen LogP contribution < -0.4 is 4.90 Å². The molecule has 6 aromatic carbocycles. The lowest BCUT2D eigenvalue weighted by atomic mass is 9.82. The molecule has 0 N–H and O–H groups in total. The normalized spacial score (nSPS) is 13.7. The van der Waals surface area contributed by atoms with E-state index in [9.17, 15) is 0 Å². The first-order valence-electron chi connectivity index (χ1n) is 15.3. The molecule has 44 heavy (non-hydrogen) atoms. The number of hydrogen-bond acceptors (Lipinski definition) is 1. The summed E-state index contributed by atoms with van der Waals surface area (Å²) in [6.07, 6.45) is 7.03. The Morgan fingerprint density at radius 3 is 1.45 bits per heavy atom. The molecule has 0 bridgehead atoms. The first-order valence-corrected chi connectivity index (χ1v) is 18.1. The van der Waals surface area contributed by atoms with Crippen molar-refractivity contribution in [3.63, 3.8) is 0 Å². The molecule has 0 aromatic heterocycles. The Morgan fingerprint density at radius 2 is 0.886 bits per heavy atom. The zero-order chi connectivity index (χ0) is 30.5. The second-order valence-electron chi connectivity index (χ2n) is 13.1. The average molecular weight is 590 g/mol. The molecule has 0 heterocycles. The summed E-state index contributed by atoms with van der Waals surface area (Å²) < 4.78 is 0. The second-order valence-corrected chi connectivity index (χ2v) is 17.2. The summed E-state index contributed by atoms with van der Waals surface area (Å²) in [5, 5.41) is 0. The number of hydrogen-bond donors (Lipinski definition) is 0. The van der Waals surface area contributed by atoms with Crippen LogP contribution in [0.5, 0.6) is 0 Å². The van der Waals surface area contributed by atoms with E-state index in [0.29, 0.717) is 0 Å². The Balaban J connectivity index is 1.30. The highest BCUT2D eigenvalue weighted by Gasteiger charge is 2.35. The highest BCUT2D eigenvalue weighted by molar-refractivity contribution is 8.32. The first kappa shape index (κ1) is 28.3. The predicted molar refractivity (Wildman–Crippen MR) is 193 cm³/mol. The standard InChI is InChI=1S/C42H39NS/c1-42(2)40-14-10-9-13-38(40)39-28-25-36(29-41(39)42)43(34-21-15-31(16-22-34)30-11-7-6-8-12-30)35-23-17-32(18-24-35)33-19-26-37(27-20-33)44(3,4)5/h6-29H,1-5H3. The molecule has 0 spiro atoms. The Morgan fingerprint density at radius 1 is 0.432 bits per heavy atom. The van der Waals surface area contributed by atoms with E-state index in [1.807, 2.05) is 0 Å². The van der Waals surface area contributed by atoms with Crippen LogP contribution in [0.2, 0.25) is 0 Å². The number of benzene rings is 6. The van der Waals surface area contributed by atoms with Crippen molar-refractivity contribution < 1.29 is 0 Å². The predicted octanol–water partition coefficient (Wildman–Crippen LogP) is 11.8. The van der Waals surface area contributed by atoms with Gasteiger partial charge in [0.1, 0.15) is 0 Å². The van der Waals surface area contributed by atoms with Crippen molar-refractivity contribution >= 4 is 27.1 Å². The van der Waals surface area contributed by atoms with Gasteiger partial charge in [0.05, 0.1) is 0 Å². The van der Waals surface area contributed by atoms with E-state index in [2.05, 4.69) is 183 Å². The molecule has 7 rings (SSSR count). The van der Waals surface area contributed by atoms with Gasteiger partial charge in [-0.15, -0.1) is 0 Å². The van der Waals surface area contributed by atoms with Gasteiger partial charge in [-0.3, -0.25) is 0 Å². The molecule has 0 saturated heterocycles. The second kappa shape index (κ2) is 10.9. The van der Waals surface area contributed by atoms with E-state index in [1.54, 1.807) is 0 Å². The topological polar surface area (TPSA) is 3.24 Å². The van der Waals surface area contributed by atoms with E-state index >= 15 is 0 Å². The van der Waals surface area contributed by atoms with E-state index in [-0.39, 0.29) is 5.41 Å². The summed E-state index contributed by atoms with van der Waals surface area (Å²) in [5.41, 5.74) is 13.8. The lowest BCUT2D eigenvalue weighted by Gasteiger charge is -2.28. The monoisotopic (exact) mass is 589 g/mol. The maximum atomic E-state index is 2.40. The molecule has 0 atom stereocenters. The lowest BCUT2D eigenvalue weighted by molar-refractivity contribution is 0.660. The Kier molecular flexibility index (Phi) is 6.98. The summed E-state index contributed by atoms with van der Waals surface area (Å²) >= 11 is 0. The molecule has 0 unspecified atom stereocenters. The molecule has 0 saturated carbocycles. The fourth-order valence-corrected chi connectivity index (χ4v) is 7.52. The molecule has 218 valence electrons. The molecule has 0 radical (unpaired) electrons. The first-order chi connectivity index (χ1) is 21.2. The number of nitrogens with zero attached hydrogens (tertiary/aromatic N) is 1. The largest absolute Gasteiger partial charge is 0.310 e. The van der Waals surface area contributed by atoms with Crippen molar-refractivity contribution in [1.29, 1.82) is 0 Å². The van der Waals surface area contributed by atoms with Gasteiger partial charge in [0, 0.05) is 22.5 Å². The quantitative estimate of drug-likeness (QED) is 0.187. The van der Waals surface area contributed by atoms with Gasteiger partial charge in [-0.2, -0.15) is 0 Å². The highest BCUT2D eigenvalue weighted by Crippen LogP contribution is 2.51. The SMILES string of the molecule is CC1(C)c2ccccc2-c2ccc(N(c3ccc(-c4ccccc4)cc3)c3ccc(-c4ccc(S(C)(C)C)cc4)cc3)cc21. The maximum absolute atomic E-state index is 2.40. The fourth-order valence-electron chi connectivity index (χ4n) is 6.57. The molecule has 1 nitrogen and oxygen atoms in total. The molecule has 6 aromatic rings. The third-order valence-corrected chi connectivity index (χ3v) is 10.8. The van der Waals surface area contributed by atoms with Crippen LogP contribution in [0.4, 0.5) is 17.1 Å². The Hall–Kier alpha value is -4.53. The van der Waals surface area contributed by atoms with Crippen LogP contribution in [0, 0.1) is 0 Å². The summed E-state index contributed by atoms with van der Waals surface area (Å²) in [4.78, 5) is 3.83. The van der Waals surface area contributed by atoms with Gasteiger partial charge in [-0.1, -0.05) is 111 Å².